The van der Waals surface area contributed by atoms with Gasteiger partial charge in [-0.1, -0.05) is 6.42 Å². The van der Waals surface area contributed by atoms with Crippen molar-refractivity contribution < 1.29 is 10.0 Å². The molecule has 0 atom stereocenters. The minimum atomic E-state index is -1.14. The van der Waals surface area contributed by atoms with E-state index in [9.17, 15) is 0 Å². The Kier molecular flexibility index (Phi) is 3.90. The summed E-state index contributed by atoms with van der Waals surface area (Å²) in [4.78, 5) is 3.10. The number of unbranched alkanes of at least 4 members (excludes halogenated alkanes) is 1. The fourth-order valence-corrected chi connectivity index (χ4v) is 1.17. The summed E-state index contributed by atoms with van der Waals surface area (Å²) in [5.74, 6) is 0. The van der Waals surface area contributed by atoms with E-state index in [1.807, 2.05) is 18.3 Å². The van der Waals surface area contributed by atoms with Crippen LogP contribution in [0.15, 0.2) is 18.3 Å². The van der Waals surface area contributed by atoms with Gasteiger partial charge < -0.3 is 15.0 Å². The first-order chi connectivity index (χ1) is 5.79. The molecule has 0 aliphatic carbocycles. The minimum absolute atomic E-state index is 0.473. The van der Waals surface area contributed by atoms with Crippen LogP contribution in [0, 0.1) is 0 Å². The Bertz CT molecular complexity index is 199. The third-order valence-corrected chi connectivity index (χ3v) is 1.82. The summed E-state index contributed by atoms with van der Waals surface area (Å²) in [5, 5.41) is 17.1. The smallest absolute Gasteiger partial charge is 0.427 e. The van der Waals surface area contributed by atoms with Gasteiger partial charge in [0, 0.05) is 11.9 Å². The maximum Gasteiger partial charge on any atom is 0.451 e. The van der Waals surface area contributed by atoms with E-state index in [0.717, 1.165) is 19.3 Å². The molecule has 4 heteroatoms. The highest BCUT2D eigenvalue weighted by atomic mass is 16.4. The second kappa shape index (κ2) is 5.01. The first-order valence-electron chi connectivity index (χ1n) is 4.27. The van der Waals surface area contributed by atoms with Crippen LogP contribution in [0.1, 0.15) is 18.5 Å². The third kappa shape index (κ3) is 3.60. The second-order valence-corrected chi connectivity index (χ2v) is 2.92. The Morgan fingerprint density at radius 1 is 1.33 bits per heavy atom. The van der Waals surface area contributed by atoms with E-state index < -0.39 is 7.12 Å². The summed E-state index contributed by atoms with van der Waals surface area (Å²) < 4.78 is 0. The number of hydrogen-bond acceptors (Lipinski definition) is 2. The Morgan fingerprint density at radius 3 is 2.75 bits per heavy atom. The molecule has 0 aliphatic rings. The van der Waals surface area contributed by atoms with Crippen LogP contribution in [-0.4, -0.2) is 22.2 Å². The molecule has 0 bridgehead atoms. The molecule has 1 heterocycles. The second-order valence-electron chi connectivity index (χ2n) is 2.92. The largest absolute Gasteiger partial charge is 0.451 e. The molecular weight excluding hydrogens is 153 g/mol. The average Bonchev–Trinajstić information content (AvgIpc) is 2.49. The number of H-pyrrole nitrogens is 1. The number of aryl methyl sites for hydroxylation is 1. The SMILES string of the molecule is OB(O)CCCCc1ccc[nH]1. The van der Waals surface area contributed by atoms with Crippen LogP contribution < -0.4 is 0 Å². The van der Waals surface area contributed by atoms with Gasteiger partial charge in [-0.15, -0.1) is 0 Å². The molecule has 1 aromatic heterocycles. The molecule has 66 valence electrons. The van der Waals surface area contributed by atoms with Crippen molar-refractivity contribution in [2.24, 2.45) is 0 Å². The first kappa shape index (κ1) is 9.35. The molecule has 0 saturated carbocycles. The third-order valence-electron chi connectivity index (χ3n) is 1.82. The van der Waals surface area contributed by atoms with Crippen molar-refractivity contribution in [3.05, 3.63) is 24.0 Å². The van der Waals surface area contributed by atoms with Crippen LogP contribution in [0.25, 0.3) is 0 Å². The fourth-order valence-electron chi connectivity index (χ4n) is 1.17. The predicted molar refractivity (Wildman–Crippen MR) is 48.7 cm³/mol. The van der Waals surface area contributed by atoms with E-state index in [-0.39, 0.29) is 0 Å². The molecule has 0 saturated heterocycles. The lowest BCUT2D eigenvalue weighted by molar-refractivity contribution is 0.402. The number of aromatic amines is 1. The van der Waals surface area contributed by atoms with Crippen molar-refractivity contribution in [1.82, 2.24) is 4.98 Å². The normalized spacial score (nSPS) is 10.2. The van der Waals surface area contributed by atoms with Crippen molar-refractivity contribution in [3.8, 4) is 0 Å². The Balaban J connectivity index is 2.04. The van der Waals surface area contributed by atoms with Gasteiger partial charge in [-0.3, -0.25) is 0 Å². The molecule has 12 heavy (non-hydrogen) atoms. The van der Waals surface area contributed by atoms with E-state index >= 15 is 0 Å². The minimum Gasteiger partial charge on any atom is -0.427 e. The molecule has 0 radical (unpaired) electrons. The summed E-state index contributed by atoms with van der Waals surface area (Å²) >= 11 is 0. The highest BCUT2D eigenvalue weighted by Gasteiger charge is 2.04. The lowest BCUT2D eigenvalue weighted by Crippen LogP contribution is -2.09. The molecule has 3 nitrogen and oxygen atoms in total. The zero-order valence-electron chi connectivity index (χ0n) is 7.03. The lowest BCUT2D eigenvalue weighted by atomic mass is 9.83. The van der Waals surface area contributed by atoms with Gasteiger partial charge >= 0.3 is 7.12 Å². The van der Waals surface area contributed by atoms with E-state index in [1.165, 1.54) is 5.69 Å². The molecule has 0 aromatic carbocycles. The Hall–Kier alpha value is -0.735. The quantitative estimate of drug-likeness (QED) is 0.449. The van der Waals surface area contributed by atoms with Gasteiger partial charge in [0.1, 0.15) is 0 Å². The van der Waals surface area contributed by atoms with E-state index in [0.29, 0.717) is 6.32 Å². The van der Waals surface area contributed by atoms with Crippen LogP contribution >= 0.6 is 0 Å². The number of rotatable bonds is 5. The molecule has 0 aliphatic heterocycles. The molecule has 0 fully saturated rings. The highest BCUT2D eigenvalue weighted by molar-refractivity contribution is 6.40. The lowest BCUT2D eigenvalue weighted by Gasteiger charge is -1.98. The van der Waals surface area contributed by atoms with Gasteiger partial charge in [-0.2, -0.15) is 0 Å². The summed E-state index contributed by atoms with van der Waals surface area (Å²) in [7, 11) is -1.14. The van der Waals surface area contributed by atoms with E-state index in [1.54, 1.807) is 0 Å². The molecule has 0 unspecified atom stereocenters. The van der Waals surface area contributed by atoms with Gasteiger partial charge in [-0.25, -0.2) is 0 Å². The Labute approximate surface area is 72.6 Å². The molecule has 1 aromatic rings. The number of nitrogens with one attached hydrogen (secondary N) is 1. The van der Waals surface area contributed by atoms with E-state index in [2.05, 4.69) is 4.98 Å². The zero-order chi connectivity index (χ0) is 8.81. The maximum atomic E-state index is 8.56. The Morgan fingerprint density at radius 2 is 2.17 bits per heavy atom. The van der Waals surface area contributed by atoms with Crippen LogP contribution in [0.2, 0.25) is 6.32 Å². The molecule has 3 N–H and O–H groups in total. The molecular formula is C8H14BNO2. The van der Waals surface area contributed by atoms with Crippen molar-refractivity contribution in [3.63, 3.8) is 0 Å². The van der Waals surface area contributed by atoms with Crippen LogP contribution in [0.4, 0.5) is 0 Å². The van der Waals surface area contributed by atoms with Crippen LogP contribution in [-0.2, 0) is 6.42 Å². The molecule has 1 rings (SSSR count). The standard InChI is InChI=1S/C8H14BNO2/c11-9(12)6-2-1-4-8-5-3-7-10-8/h3,5,7,10-12H,1-2,4,6H2. The van der Waals surface area contributed by atoms with Crippen LogP contribution in [0.5, 0.6) is 0 Å². The van der Waals surface area contributed by atoms with Crippen molar-refractivity contribution in [2.45, 2.75) is 25.6 Å². The van der Waals surface area contributed by atoms with Gasteiger partial charge in [-0.05, 0) is 31.3 Å². The van der Waals surface area contributed by atoms with E-state index in [4.69, 9.17) is 10.0 Å². The summed E-state index contributed by atoms with van der Waals surface area (Å²) in [6, 6.07) is 4.01. The van der Waals surface area contributed by atoms with Gasteiger partial charge in [0.2, 0.25) is 0 Å². The van der Waals surface area contributed by atoms with Crippen molar-refractivity contribution in [1.29, 1.82) is 0 Å². The summed E-state index contributed by atoms with van der Waals surface area (Å²) in [5.41, 5.74) is 1.21. The van der Waals surface area contributed by atoms with Gasteiger partial charge in [0.05, 0.1) is 0 Å². The zero-order valence-corrected chi connectivity index (χ0v) is 7.03. The summed E-state index contributed by atoms with van der Waals surface area (Å²) in [6.45, 7) is 0. The summed E-state index contributed by atoms with van der Waals surface area (Å²) in [6.07, 6.45) is 5.21. The van der Waals surface area contributed by atoms with Gasteiger partial charge in [0.25, 0.3) is 0 Å². The predicted octanol–water partition coefficient (Wildman–Crippen LogP) is 0.810. The molecule has 0 amide bonds. The monoisotopic (exact) mass is 167 g/mol. The number of hydrogen-bond donors (Lipinski definition) is 3. The van der Waals surface area contributed by atoms with Crippen molar-refractivity contribution in [2.75, 3.05) is 0 Å². The van der Waals surface area contributed by atoms with Crippen molar-refractivity contribution >= 4 is 7.12 Å². The first-order valence-corrected chi connectivity index (χ1v) is 4.27. The maximum absolute atomic E-state index is 8.56. The highest BCUT2D eigenvalue weighted by Crippen LogP contribution is 2.04. The number of aromatic nitrogens is 1. The molecule has 0 spiro atoms. The van der Waals surface area contributed by atoms with Crippen LogP contribution in [0.3, 0.4) is 0 Å². The average molecular weight is 167 g/mol. The fraction of sp³-hybridized carbons (Fsp3) is 0.500. The topological polar surface area (TPSA) is 56.2 Å². The van der Waals surface area contributed by atoms with Gasteiger partial charge in [0.15, 0.2) is 0 Å².